The van der Waals surface area contributed by atoms with Crippen molar-refractivity contribution in [2.75, 3.05) is 32.8 Å². The second kappa shape index (κ2) is 12.1. The minimum Gasteiger partial charge on any atom is -0.396 e. The second-order valence-electron chi connectivity index (χ2n) is 7.50. The highest BCUT2D eigenvalue weighted by Gasteiger charge is 2.26. The number of benzene rings is 1. The molecule has 8 heteroatoms. The molecule has 3 N–H and O–H groups in total. The van der Waals surface area contributed by atoms with Crippen molar-refractivity contribution in [2.24, 2.45) is 10.9 Å². The van der Waals surface area contributed by atoms with Gasteiger partial charge in [0.25, 0.3) is 0 Å². The zero-order valence-electron chi connectivity index (χ0n) is 17.7. The Balaban J connectivity index is 1.97. The topological polar surface area (TPSA) is 94.0 Å². The van der Waals surface area contributed by atoms with Crippen LogP contribution in [0, 0.1) is 5.92 Å². The van der Waals surface area contributed by atoms with Gasteiger partial charge in [-0.2, -0.15) is 4.31 Å². The van der Waals surface area contributed by atoms with Crippen molar-refractivity contribution < 1.29 is 13.5 Å². The maximum atomic E-state index is 12.6. The number of hydrogen-bond donors (Lipinski definition) is 3. The molecular formula is C21H36N4O3S. The number of aliphatic hydroxyl groups excluding tert-OH is 1. The van der Waals surface area contributed by atoms with E-state index < -0.39 is 10.0 Å². The van der Waals surface area contributed by atoms with Crippen molar-refractivity contribution in [3.8, 4) is 0 Å². The molecular weight excluding hydrogens is 388 g/mol. The van der Waals surface area contributed by atoms with Crippen molar-refractivity contribution in [1.29, 1.82) is 0 Å². The van der Waals surface area contributed by atoms with Crippen LogP contribution in [0.5, 0.6) is 0 Å². The molecule has 1 saturated heterocycles. The fraction of sp³-hybridized carbons (Fsp3) is 0.667. The minimum atomic E-state index is -3.37. The summed E-state index contributed by atoms with van der Waals surface area (Å²) in [5, 5.41) is 15.8. The van der Waals surface area contributed by atoms with E-state index in [9.17, 15) is 13.5 Å². The van der Waals surface area contributed by atoms with Crippen LogP contribution in [-0.2, 0) is 16.6 Å². The Labute approximate surface area is 175 Å². The number of rotatable bonds is 11. The van der Waals surface area contributed by atoms with Gasteiger partial charge in [-0.15, -0.1) is 0 Å². The van der Waals surface area contributed by atoms with E-state index in [0.29, 0.717) is 30.4 Å². The maximum absolute atomic E-state index is 12.6. The molecule has 1 atom stereocenters. The summed E-state index contributed by atoms with van der Waals surface area (Å²) in [6.07, 6.45) is 4.81. The smallest absolute Gasteiger partial charge is 0.243 e. The monoisotopic (exact) mass is 424 g/mol. The first-order valence-electron chi connectivity index (χ1n) is 10.7. The lowest BCUT2D eigenvalue weighted by molar-refractivity contribution is 0.251. The van der Waals surface area contributed by atoms with Crippen LogP contribution in [0.25, 0.3) is 0 Å². The summed E-state index contributed by atoms with van der Waals surface area (Å²) in [6, 6.07) is 7.03. The standard InChI is InChI=1S/C21H36N4O3S/c1-3-7-18(12-15-26)16-23-21(22-4-2)24-17-19-8-10-20(11-9-19)29(27,28)25-13-5-6-14-25/h8-11,18,26H,3-7,12-17H2,1-2H3,(H2,22,23,24). The molecule has 0 radical (unpaired) electrons. The lowest BCUT2D eigenvalue weighted by atomic mass is 10.0. The summed E-state index contributed by atoms with van der Waals surface area (Å²) in [5.41, 5.74) is 0.961. The van der Waals surface area contributed by atoms with Gasteiger partial charge in [0.05, 0.1) is 11.4 Å². The summed E-state index contributed by atoms with van der Waals surface area (Å²) >= 11 is 0. The highest BCUT2D eigenvalue weighted by molar-refractivity contribution is 7.89. The SMILES string of the molecule is CCCC(CCO)CNC(=NCc1ccc(S(=O)(=O)N2CCCC2)cc1)NCC. The van der Waals surface area contributed by atoms with Gasteiger partial charge in [-0.1, -0.05) is 25.5 Å². The molecule has 0 amide bonds. The van der Waals surface area contributed by atoms with Crippen LogP contribution in [-0.4, -0.2) is 56.6 Å². The van der Waals surface area contributed by atoms with E-state index >= 15 is 0 Å². The predicted molar refractivity (Wildman–Crippen MR) is 117 cm³/mol. The normalized spacial score (nSPS) is 16.7. The number of nitrogens with zero attached hydrogens (tertiary/aromatic N) is 2. The minimum absolute atomic E-state index is 0.201. The van der Waals surface area contributed by atoms with Gasteiger partial charge in [0, 0.05) is 32.8 Å². The van der Waals surface area contributed by atoms with Gasteiger partial charge in [0.1, 0.15) is 0 Å². The van der Waals surface area contributed by atoms with Crippen molar-refractivity contribution in [3.05, 3.63) is 29.8 Å². The van der Waals surface area contributed by atoms with Crippen LogP contribution in [0.1, 0.15) is 51.5 Å². The largest absolute Gasteiger partial charge is 0.396 e. The molecule has 2 rings (SSSR count). The lowest BCUT2D eigenvalue weighted by Crippen LogP contribution is -2.40. The van der Waals surface area contributed by atoms with Gasteiger partial charge in [-0.3, -0.25) is 0 Å². The number of aliphatic imine (C=N–C) groups is 1. The number of nitrogens with one attached hydrogen (secondary N) is 2. The molecule has 1 aliphatic heterocycles. The van der Waals surface area contributed by atoms with E-state index in [1.807, 2.05) is 19.1 Å². The first-order valence-corrected chi connectivity index (χ1v) is 12.2. The molecule has 1 unspecified atom stereocenters. The van der Waals surface area contributed by atoms with Crippen LogP contribution in [0.3, 0.4) is 0 Å². The maximum Gasteiger partial charge on any atom is 0.243 e. The van der Waals surface area contributed by atoms with E-state index in [2.05, 4.69) is 22.5 Å². The number of sulfonamides is 1. The quantitative estimate of drug-likeness (QED) is 0.374. The predicted octanol–water partition coefficient (Wildman–Crippen LogP) is 2.32. The van der Waals surface area contributed by atoms with Crippen LogP contribution in [0.15, 0.2) is 34.2 Å². The summed E-state index contributed by atoms with van der Waals surface area (Å²) in [6.45, 7) is 7.60. The summed E-state index contributed by atoms with van der Waals surface area (Å²) in [7, 11) is -3.37. The van der Waals surface area contributed by atoms with Crippen molar-refractivity contribution in [3.63, 3.8) is 0 Å². The Kier molecular flexibility index (Phi) is 9.90. The molecule has 1 aliphatic rings. The molecule has 7 nitrogen and oxygen atoms in total. The Morgan fingerprint density at radius 3 is 2.41 bits per heavy atom. The zero-order valence-corrected chi connectivity index (χ0v) is 18.5. The first kappa shape index (κ1) is 23.6. The zero-order chi connectivity index (χ0) is 21.1. The second-order valence-corrected chi connectivity index (χ2v) is 9.44. The van der Waals surface area contributed by atoms with E-state index in [1.165, 1.54) is 0 Å². The Hall–Kier alpha value is -1.64. The summed E-state index contributed by atoms with van der Waals surface area (Å²) in [5.74, 6) is 1.16. The molecule has 1 aromatic rings. The van der Waals surface area contributed by atoms with Crippen molar-refractivity contribution in [2.45, 2.75) is 57.4 Å². The van der Waals surface area contributed by atoms with Crippen LogP contribution in [0.2, 0.25) is 0 Å². The van der Waals surface area contributed by atoms with Gasteiger partial charge in [0.15, 0.2) is 5.96 Å². The number of hydrogen-bond acceptors (Lipinski definition) is 4. The molecule has 1 heterocycles. The summed E-state index contributed by atoms with van der Waals surface area (Å²) < 4.78 is 26.8. The summed E-state index contributed by atoms with van der Waals surface area (Å²) in [4.78, 5) is 4.97. The highest BCUT2D eigenvalue weighted by Crippen LogP contribution is 2.21. The lowest BCUT2D eigenvalue weighted by Gasteiger charge is -2.18. The van der Waals surface area contributed by atoms with E-state index in [-0.39, 0.29) is 6.61 Å². The fourth-order valence-electron chi connectivity index (χ4n) is 3.54. The molecule has 164 valence electrons. The molecule has 0 aromatic heterocycles. The van der Waals surface area contributed by atoms with Crippen molar-refractivity contribution >= 4 is 16.0 Å². The Bertz CT molecular complexity index is 723. The third-order valence-electron chi connectivity index (χ3n) is 5.18. The Morgan fingerprint density at radius 2 is 1.83 bits per heavy atom. The first-order chi connectivity index (χ1) is 14.0. The molecule has 0 bridgehead atoms. The van der Waals surface area contributed by atoms with Crippen molar-refractivity contribution in [1.82, 2.24) is 14.9 Å². The highest BCUT2D eigenvalue weighted by atomic mass is 32.2. The molecule has 0 aliphatic carbocycles. The van der Waals surface area contributed by atoms with E-state index in [0.717, 1.165) is 56.7 Å². The van der Waals surface area contributed by atoms with Gasteiger partial charge in [-0.05, 0) is 56.2 Å². The average molecular weight is 425 g/mol. The van der Waals surface area contributed by atoms with Gasteiger partial charge < -0.3 is 15.7 Å². The van der Waals surface area contributed by atoms with E-state index in [4.69, 9.17) is 0 Å². The molecule has 0 spiro atoms. The molecule has 1 aromatic carbocycles. The van der Waals surface area contributed by atoms with Crippen LogP contribution >= 0.6 is 0 Å². The third kappa shape index (κ3) is 7.28. The third-order valence-corrected chi connectivity index (χ3v) is 7.10. The number of aliphatic hydroxyl groups is 1. The molecule has 29 heavy (non-hydrogen) atoms. The van der Waals surface area contributed by atoms with Gasteiger partial charge in [0.2, 0.25) is 10.0 Å². The fourth-order valence-corrected chi connectivity index (χ4v) is 5.05. The number of guanidine groups is 1. The molecule has 0 saturated carbocycles. The van der Waals surface area contributed by atoms with Gasteiger partial charge >= 0.3 is 0 Å². The van der Waals surface area contributed by atoms with Gasteiger partial charge in [-0.25, -0.2) is 13.4 Å². The average Bonchev–Trinajstić information content (AvgIpc) is 3.26. The molecule has 1 fully saturated rings. The van der Waals surface area contributed by atoms with E-state index in [1.54, 1.807) is 16.4 Å². The van der Waals surface area contributed by atoms with Crippen LogP contribution in [0.4, 0.5) is 0 Å². The van der Waals surface area contributed by atoms with Crippen LogP contribution < -0.4 is 10.6 Å². The Morgan fingerprint density at radius 1 is 1.14 bits per heavy atom.